The van der Waals surface area contributed by atoms with Gasteiger partial charge in [-0.15, -0.1) is 0 Å². The zero-order valence-corrected chi connectivity index (χ0v) is 13.3. The molecule has 2 aromatic rings. The van der Waals surface area contributed by atoms with Crippen LogP contribution in [0.4, 0.5) is 11.4 Å². The fourth-order valence-electron chi connectivity index (χ4n) is 1.75. The molecule has 2 N–H and O–H groups in total. The molecule has 0 saturated carbocycles. The van der Waals surface area contributed by atoms with Gasteiger partial charge in [0.25, 0.3) is 0 Å². The van der Waals surface area contributed by atoms with Crippen molar-refractivity contribution in [1.29, 1.82) is 0 Å². The van der Waals surface area contributed by atoms with Crippen LogP contribution in [0.3, 0.4) is 0 Å². The van der Waals surface area contributed by atoms with Crippen molar-refractivity contribution >= 4 is 44.8 Å². The Bertz CT molecular complexity index is 614. The van der Waals surface area contributed by atoms with Crippen LogP contribution in [0.25, 0.3) is 0 Å². The van der Waals surface area contributed by atoms with Crippen molar-refractivity contribution in [2.24, 2.45) is 0 Å². The van der Waals surface area contributed by atoms with E-state index >= 15 is 0 Å². The Morgan fingerprint density at radius 2 is 1.90 bits per heavy atom. The first-order valence-corrected chi connectivity index (χ1v) is 7.28. The predicted molar refractivity (Wildman–Crippen MR) is 87.2 cm³/mol. The van der Waals surface area contributed by atoms with Gasteiger partial charge in [0, 0.05) is 19.2 Å². The molecule has 0 atom stereocenters. The number of halogens is 2. The molecule has 2 rings (SSSR count). The van der Waals surface area contributed by atoms with Crippen molar-refractivity contribution in [2.75, 3.05) is 10.6 Å². The first kappa shape index (κ1) is 14.9. The number of amides is 1. The molecule has 104 valence electrons. The van der Waals surface area contributed by atoms with Gasteiger partial charge in [-0.3, -0.25) is 4.79 Å². The fraction of sp³-hybridized carbons (Fsp3) is 0.133. The number of benzene rings is 2. The number of hydrogen-bond donors (Lipinski definition) is 2. The molecule has 0 heterocycles. The van der Waals surface area contributed by atoms with Crippen LogP contribution in [0.1, 0.15) is 12.5 Å². The van der Waals surface area contributed by atoms with E-state index in [1.807, 2.05) is 42.5 Å². The monoisotopic (exact) mass is 352 g/mol. The molecule has 3 nitrogen and oxygen atoms in total. The van der Waals surface area contributed by atoms with E-state index in [2.05, 4.69) is 26.6 Å². The Kier molecular flexibility index (Phi) is 5.04. The fourth-order valence-corrected chi connectivity index (χ4v) is 2.33. The number of carbonyl (C=O) groups is 1. The van der Waals surface area contributed by atoms with Gasteiger partial charge >= 0.3 is 0 Å². The van der Waals surface area contributed by atoms with E-state index < -0.39 is 0 Å². The molecular formula is C15H14BrClN2O. The molecule has 0 radical (unpaired) electrons. The van der Waals surface area contributed by atoms with Gasteiger partial charge in [0.2, 0.25) is 5.91 Å². The van der Waals surface area contributed by atoms with E-state index in [-0.39, 0.29) is 5.91 Å². The molecule has 0 aliphatic heterocycles. The third-order valence-corrected chi connectivity index (χ3v) is 4.11. The number of nitrogens with one attached hydrogen (secondary N) is 2. The normalized spacial score (nSPS) is 10.2. The Balaban J connectivity index is 2.00. The summed E-state index contributed by atoms with van der Waals surface area (Å²) in [5, 5.41) is 6.73. The largest absolute Gasteiger partial charge is 0.380 e. The van der Waals surface area contributed by atoms with Gasteiger partial charge in [-0.2, -0.15) is 0 Å². The highest BCUT2D eigenvalue weighted by Crippen LogP contribution is 2.30. The van der Waals surface area contributed by atoms with Crippen molar-refractivity contribution in [3.63, 3.8) is 0 Å². The molecule has 2 aromatic carbocycles. The van der Waals surface area contributed by atoms with E-state index in [1.165, 1.54) is 6.92 Å². The standard InChI is InChI=1S/C15H14BrClN2O/c1-10(20)19-12-7-5-11(6-8-12)9-18-14-4-2-3-13(17)15(14)16/h2-8,18H,9H2,1H3,(H,19,20). The maximum absolute atomic E-state index is 10.9. The summed E-state index contributed by atoms with van der Waals surface area (Å²) < 4.78 is 0.858. The van der Waals surface area contributed by atoms with E-state index in [1.54, 1.807) is 0 Å². The van der Waals surface area contributed by atoms with Crippen LogP contribution in [0.2, 0.25) is 5.02 Å². The third kappa shape index (κ3) is 3.99. The van der Waals surface area contributed by atoms with Gasteiger partial charge < -0.3 is 10.6 Å². The van der Waals surface area contributed by atoms with E-state index in [0.29, 0.717) is 11.6 Å². The van der Waals surface area contributed by atoms with Crippen LogP contribution >= 0.6 is 27.5 Å². The minimum absolute atomic E-state index is 0.0706. The first-order valence-electron chi connectivity index (χ1n) is 6.10. The minimum Gasteiger partial charge on any atom is -0.380 e. The average molecular weight is 354 g/mol. The molecule has 0 aliphatic carbocycles. The number of rotatable bonds is 4. The molecule has 0 saturated heterocycles. The lowest BCUT2D eigenvalue weighted by molar-refractivity contribution is -0.114. The highest BCUT2D eigenvalue weighted by Gasteiger charge is 2.03. The van der Waals surface area contributed by atoms with Crippen molar-refractivity contribution in [1.82, 2.24) is 0 Å². The quantitative estimate of drug-likeness (QED) is 0.838. The molecule has 0 bridgehead atoms. The lowest BCUT2D eigenvalue weighted by atomic mass is 10.2. The topological polar surface area (TPSA) is 41.1 Å². The molecule has 0 aromatic heterocycles. The smallest absolute Gasteiger partial charge is 0.221 e. The SMILES string of the molecule is CC(=O)Nc1ccc(CNc2cccc(Cl)c2Br)cc1. The van der Waals surface area contributed by atoms with E-state index in [0.717, 1.165) is 21.4 Å². The summed E-state index contributed by atoms with van der Waals surface area (Å²) in [6, 6.07) is 13.4. The molecule has 5 heteroatoms. The van der Waals surface area contributed by atoms with Crippen LogP contribution in [0.15, 0.2) is 46.9 Å². The zero-order chi connectivity index (χ0) is 14.5. The third-order valence-electron chi connectivity index (χ3n) is 2.71. The van der Waals surface area contributed by atoms with Gasteiger partial charge in [-0.05, 0) is 45.8 Å². The molecule has 20 heavy (non-hydrogen) atoms. The second-order valence-corrected chi connectivity index (χ2v) is 5.53. The maximum Gasteiger partial charge on any atom is 0.221 e. The van der Waals surface area contributed by atoms with Crippen molar-refractivity contribution in [2.45, 2.75) is 13.5 Å². The Labute approximate surface area is 131 Å². The van der Waals surface area contributed by atoms with Crippen LogP contribution in [0.5, 0.6) is 0 Å². The zero-order valence-electron chi connectivity index (χ0n) is 10.9. The van der Waals surface area contributed by atoms with Crippen molar-refractivity contribution in [3.05, 3.63) is 57.5 Å². The van der Waals surface area contributed by atoms with Crippen molar-refractivity contribution in [3.8, 4) is 0 Å². The molecule has 0 aliphatic rings. The molecule has 1 amide bonds. The lowest BCUT2D eigenvalue weighted by Gasteiger charge is -2.10. The Hall–Kier alpha value is -1.52. The molecule has 0 fully saturated rings. The van der Waals surface area contributed by atoms with Gasteiger partial charge in [0.05, 0.1) is 15.2 Å². The summed E-state index contributed by atoms with van der Waals surface area (Å²) in [6.07, 6.45) is 0. The highest BCUT2D eigenvalue weighted by atomic mass is 79.9. The van der Waals surface area contributed by atoms with E-state index in [9.17, 15) is 4.79 Å². The second-order valence-electron chi connectivity index (χ2n) is 4.33. The van der Waals surface area contributed by atoms with Crippen LogP contribution in [0, 0.1) is 0 Å². The molecular weight excluding hydrogens is 340 g/mol. The Morgan fingerprint density at radius 1 is 1.20 bits per heavy atom. The summed E-state index contributed by atoms with van der Waals surface area (Å²) in [4.78, 5) is 10.9. The van der Waals surface area contributed by atoms with Gasteiger partial charge in [-0.25, -0.2) is 0 Å². The van der Waals surface area contributed by atoms with Crippen LogP contribution < -0.4 is 10.6 Å². The average Bonchev–Trinajstić information content (AvgIpc) is 2.41. The van der Waals surface area contributed by atoms with Crippen LogP contribution in [-0.2, 0) is 11.3 Å². The summed E-state index contributed by atoms with van der Waals surface area (Å²) in [5.74, 6) is -0.0706. The number of hydrogen-bond acceptors (Lipinski definition) is 2. The predicted octanol–water partition coefficient (Wildman–Crippen LogP) is 4.67. The number of carbonyl (C=O) groups excluding carboxylic acids is 1. The molecule has 0 spiro atoms. The summed E-state index contributed by atoms with van der Waals surface area (Å²) in [6.45, 7) is 2.17. The summed E-state index contributed by atoms with van der Waals surface area (Å²) in [7, 11) is 0. The van der Waals surface area contributed by atoms with Gasteiger partial charge in [-0.1, -0.05) is 29.8 Å². The van der Waals surface area contributed by atoms with Crippen molar-refractivity contribution < 1.29 is 4.79 Å². The lowest BCUT2D eigenvalue weighted by Crippen LogP contribution is -2.06. The molecule has 0 unspecified atom stereocenters. The van der Waals surface area contributed by atoms with Gasteiger partial charge in [0.15, 0.2) is 0 Å². The Morgan fingerprint density at radius 3 is 2.55 bits per heavy atom. The van der Waals surface area contributed by atoms with Crippen LogP contribution in [-0.4, -0.2) is 5.91 Å². The van der Waals surface area contributed by atoms with E-state index in [4.69, 9.17) is 11.6 Å². The summed E-state index contributed by atoms with van der Waals surface area (Å²) >= 11 is 9.49. The minimum atomic E-state index is -0.0706. The second kappa shape index (κ2) is 6.77. The summed E-state index contributed by atoms with van der Waals surface area (Å²) in [5.41, 5.74) is 2.86. The highest BCUT2D eigenvalue weighted by molar-refractivity contribution is 9.10. The van der Waals surface area contributed by atoms with Gasteiger partial charge in [0.1, 0.15) is 0 Å². The number of anilines is 2. The maximum atomic E-state index is 10.9. The first-order chi connectivity index (χ1) is 9.56.